The number of amides is 2. The molecule has 0 aliphatic carbocycles. The number of likely N-dealkylation sites (N-methyl/N-ethyl adjacent to an activating group) is 1. The molecular weight excluding hydrogens is 345 g/mol. The Balaban J connectivity index is 1.83. The fourth-order valence-corrected chi connectivity index (χ4v) is 2.34. The summed E-state index contributed by atoms with van der Waals surface area (Å²) < 4.78 is 13.6. The molecule has 0 saturated heterocycles. The Hall–Kier alpha value is -2.44. The highest BCUT2D eigenvalue weighted by molar-refractivity contribution is 6.30. The van der Waals surface area contributed by atoms with Crippen LogP contribution < -0.4 is 10.6 Å². The zero-order valence-corrected chi connectivity index (χ0v) is 14.7. The summed E-state index contributed by atoms with van der Waals surface area (Å²) in [4.78, 5) is 25.5. The van der Waals surface area contributed by atoms with Crippen LogP contribution in [0.3, 0.4) is 0 Å². The van der Waals surface area contributed by atoms with Crippen molar-refractivity contribution in [3.8, 4) is 0 Å². The second-order valence-electron chi connectivity index (χ2n) is 5.76. The molecule has 0 aliphatic rings. The summed E-state index contributed by atoms with van der Waals surface area (Å²) in [5.41, 5.74) is 1.80. The molecular formula is C18H19ClFN3O2. The zero-order chi connectivity index (χ0) is 18.4. The summed E-state index contributed by atoms with van der Waals surface area (Å²) in [5, 5.41) is 5.51. The minimum Gasteiger partial charge on any atom is -0.325 e. The standard InChI is InChI=1S/C18H19ClFN3O2/c1-12-3-6-14(7-4-12)21-17(24)10-23(2)11-18(25)22-16-9-13(19)5-8-15(16)20/h3-9H,10-11H2,1-2H3,(H,21,24)(H,22,25). The highest BCUT2D eigenvalue weighted by Crippen LogP contribution is 2.19. The van der Waals surface area contributed by atoms with E-state index in [-0.39, 0.29) is 24.7 Å². The monoisotopic (exact) mass is 363 g/mol. The average molecular weight is 364 g/mol. The van der Waals surface area contributed by atoms with E-state index < -0.39 is 11.7 Å². The molecule has 0 unspecified atom stereocenters. The Morgan fingerprint density at radius 3 is 2.28 bits per heavy atom. The van der Waals surface area contributed by atoms with Gasteiger partial charge in [0.15, 0.2) is 0 Å². The molecule has 0 fully saturated rings. The van der Waals surface area contributed by atoms with Gasteiger partial charge in [-0.1, -0.05) is 29.3 Å². The fourth-order valence-electron chi connectivity index (χ4n) is 2.17. The first-order valence-electron chi connectivity index (χ1n) is 7.63. The van der Waals surface area contributed by atoms with Gasteiger partial charge >= 0.3 is 0 Å². The van der Waals surface area contributed by atoms with E-state index in [1.165, 1.54) is 23.1 Å². The van der Waals surface area contributed by atoms with Gasteiger partial charge in [0.05, 0.1) is 18.8 Å². The van der Waals surface area contributed by atoms with E-state index in [1.807, 2.05) is 31.2 Å². The lowest BCUT2D eigenvalue weighted by Crippen LogP contribution is -2.36. The smallest absolute Gasteiger partial charge is 0.238 e. The Labute approximate surface area is 150 Å². The average Bonchev–Trinajstić information content (AvgIpc) is 2.52. The van der Waals surface area contributed by atoms with E-state index in [0.717, 1.165) is 5.56 Å². The fraction of sp³-hybridized carbons (Fsp3) is 0.222. The predicted octanol–water partition coefficient (Wildman–Crippen LogP) is 3.30. The van der Waals surface area contributed by atoms with E-state index in [1.54, 1.807) is 7.05 Å². The third kappa shape index (κ3) is 6.17. The molecule has 0 saturated carbocycles. The number of nitrogens with zero attached hydrogens (tertiary/aromatic N) is 1. The van der Waals surface area contributed by atoms with Crippen molar-refractivity contribution >= 4 is 34.8 Å². The van der Waals surface area contributed by atoms with E-state index in [9.17, 15) is 14.0 Å². The molecule has 2 amide bonds. The van der Waals surface area contributed by atoms with E-state index >= 15 is 0 Å². The number of carbonyl (C=O) groups excluding carboxylic acids is 2. The maximum Gasteiger partial charge on any atom is 0.238 e. The molecule has 0 aliphatic heterocycles. The van der Waals surface area contributed by atoms with Gasteiger partial charge in [-0.05, 0) is 44.3 Å². The second-order valence-corrected chi connectivity index (χ2v) is 6.20. The zero-order valence-electron chi connectivity index (χ0n) is 14.0. The normalized spacial score (nSPS) is 10.6. The van der Waals surface area contributed by atoms with Gasteiger partial charge in [0.25, 0.3) is 0 Å². The highest BCUT2D eigenvalue weighted by Gasteiger charge is 2.13. The molecule has 0 spiro atoms. The van der Waals surface area contributed by atoms with Crippen LogP contribution in [0.25, 0.3) is 0 Å². The minimum absolute atomic E-state index is 0.00927. The van der Waals surface area contributed by atoms with Crippen molar-refractivity contribution in [3.05, 3.63) is 58.9 Å². The maximum absolute atomic E-state index is 13.6. The lowest BCUT2D eigenvalue weighted by atomic mass is 10.2. The lowest BCUT2D eigenvalue weighted by molar-refractivity contribution is -0.119. The van der Waals surface area contributed by atoms with Crippen LogP contribution in [-0.4, -0.2) is 36.9 Å². The van der Waals surface area contributed by atoms with Crippen LogP contribution in [0.1, 0.15) is 5.56 Å². The number of rotatable bonds is 6. The van der Waals surface area contributed by atoms with E-state index in [4.69, 9.17) is 11.6 Å². The summed E-state index contributed by atoms with van der Waals surface area (Å²) in [6.07, 6.45) is 0. The molecule has 0 aromatic heterocycles. The lowest BCUT2D eigenvalue weighted by Gasteiger charge is -2.16. The summed E-state index contributed by atoms with van der Waals surface area (Å²) in [6.45, 7) is 1.92. The van der Waals surface area contributed by atoms with E-state index in [2.05, 4.69) is 10.6 Å². The number of benzene rings is 2. The van der Waals surface area contributed by atoms with Crippen molar-refractivity contribution in [3.63, 3.8) is 0 Å². The molecule has 0 radical (unpaired) electrons. The van der Waals surface area contributed by atoms with Crippen molar-refractivity contribution in [1.82, 2.24) is 4.90 Å². The van der Waals surface area contributed by atoms with Gasteiger partial charge < -0.3 is 10.6 Å². The number of hydrogen-bond donors (Lipinski definition) is 2. The van der Waals surface area contributed by atoms with Crippen LogP contribution >= 0.6 is 11.6 Å². The highest BCUT2D eigenvalue weighted by atomic mass is 35.5. The first kappa shape index (κ1) is 18.9. The van der Waals surface area contributed by atoms with Gasteiger partial charge in [0.2, 0.25) is 11.8 Å². The van der Waals surface area contributed by atoms with Crippen LogP contribution in [0.4, 0.5) is 15.8 Å². The first-order valence-corrected chi connectivity index (χ1v) is 8.01. The molecule has 0 atom stereocenters. The first-order chi connectivity index (χ1) is 11.8. The quantitative estimate of drug-likeness (QED) is 0.827. The topological polar surface area (TPSA) is 61.4 Å². The summed E-state index contributed by atoms with van der Waals surface area (Å²) in [7, 11) is 1.63. The summed E-state index contributed by atoms with van der Waals surface area (Å²) in [5.74, 6) is -1.25. The molecule has 2 rings (SSSR count). The number of anilines is 2. The van der Waals surface area contributed by atoms with E-state index in [0.29, 0.717) is 10.7 Å². The molecule has 7 heteroatoms. The van der Waals surface area contributed by atoms with Crippen LogP contribution in [0.5, 0.6) is 0 Å². The van der Waals surface area contributed by atoms with Gasteiger partial charge in [-0.3, -0.25) is 14.5 Å². The van der Waals surface area contributed by atoms with Crippen LogP contribution in [0, 0.1) is 12.7 Å². The third-order valence-electron chi connectivity index (χ3n) is 3.36. The molecule has 2 N–H and O–H groups in total. The molecule has 2 aromatic carbocycles. The molecule has 25 heavy (non-hydrogen) atoms. The third-order valence-corrected chi connectivity index (χ3v) is 3.60. The Bertz CT molecular complexity index is 765. The molecule has 2 aromatic rings. The van der Waals surface area contributed by atoms with Gasteiger partial charge in [-0.2, -0.15) is 0 Å². The van der Waals surface area contributed by atoms with Crippen molar-refractivity contribution in [2.24, 2.45) is 0 Å². The minimum atomic E-state index is -0.572. The van der Waals surface area contributed by atoms with Gasteiger partial charge in [-0.15, -0.1) is 0 Å². The van der Waals surface area contributed by atoms with Gasteiger partial charge in [0, 0.05) is 10.7 Å². The number of hydrogen-bond acceptors (Lipinski definition) is 3. The number of halogens is 2. The SMILES string of the molecule is Cc1ccc(NC(=O)CN(C)CC(=O)Nc2cc(Cl)ccc2F)cc1. The number of carbonyl (C=O) groups is 2. The van der Waals surface area contributed by atoms with Gasteiger partial charge in [0.1, 0.15) is 5.82 Å². The largest absolute Gasteiger partial charge is 0.325 e. The summed E-state index contributed by atoms with van der Waals surface area (Å²) in [6, 6.07) is 11.3. The van der Waals surface area contributed by atoms with Crippen LogP contribution in [0.15, 0.2) is 42.5 Å². The number of aryl methyl sites for hydroxylation is 1. The predicted molar refractivity (Wildman–Crippen MR) is 97.3 cm³/mol. The molecule has 132 valence electrons. The summed E-state index contributed by atoms with van der Waals surface area (Å²) >= 11 is 5.78. The molecule has 0 heterocycles. The maximum atomic E-state index is 13.6. The van der Waals surface area contributed by atoms with Crippen LogP contribution in [-0.2, 0) is 9.59 Å². The van der Waals surface area contributed by atoms with Crippen molar-refractivity contribution in [1.29, 1.82) is 0 Å². The van der Waals surface area contributed by atoms with Crippen molar-refractivity contribution in [2.75, 3.05) is 30.8 Å². The van der Waals surface area contributed by atoms with Crippen LogP contribution in [0.2, 0.25) is 5.02 Å². The Morgan fingerprint density at radius 2 is 1.64 bits per heavy atom. The molecule has 5 nitrogen and oxygen atoms in total. The van der Waals surface area contributed by atoms with Gasteiger partial charge in [-0.25, -0.2) is 4.39 Å². The Kier molecular flexibility index (Phi) is 6.50. The molecule has 0 bridgehead atoms. The number of nitrogens with one attached hydrogen (secondary N) is 2. The van der Waals surface area contributed by atoms with Crippen molar-refractivity contribution < 1.29 is 14.0 Å². The Morgan fingerprint density at radius 1 is 1.04 bits per heavy atom. The van der Waals surface area contributed by atoms with Crippen molar-refractivity contribution in [2.45, 2.75) is 6.92 Å². The second kappa shape index (κ2) is 8.60.